The molecule has 0 saturated carbocycles. The summed E-state index contributed by atoms with van der Waals surface area (Å²) in [5.41, 5.74) is 1.71. The molecule has 23 heavy (non-hydrogen) atoms. The maximum atomic E-state index is 13.4. The van der Waals surface area contributed by atoms with Crippen molar-refractivity contribution in [2.75, 3.05) is 11.9 Å². The van der Waals surface area contributed by atoms with Crippen molar-refractivity contribution in [2.24, 2.45) is 0 Å². The SMILES string of the molecule is O=C(Nc1n[nH]c2ccc(F)cc12)c1cn[nH]c1C1CCCO1. The number of hydrogen-bond acceptors (Lipinski definition) is 4. The van der Waals surface area contributed by atoms with Gasteiger partial charge in [0, 0.05) is 12.0 Å². The van der Waals surface area contributed by atoms with E-state index >= 15 is 0 Å². The van der Waals surface area contributed by atoms with Crippen LogP contribution in [-0.2, 0) is 4.74 Å². The van der Waals surface area contributed by atoms with E-state index in [-0.39, 0.29) is 17.8 Å². The third-order valence-electron chi connectivity index (χ3n) is 3.92. The molecule has 0 bridgehead atoms. The molecule has 3 N–H and O–H groups in total. The molecule has 8 heteroatoms. The van der Waals surface area contributed by atoms with Crippen LogP contribution in [0.4, 0.5) is 10.2 Å². The number of aromatic nitrogens is 4. The first kappa shape index (κ1) is 13.9. The first-order valence-corrected chi connectivity index (χ1v) is 7.32. The Morgan fingerprint density at radius 1 is 1.39 bits per heavy atom. The van der Waals surface area contributed by atoms with E-state index in [2.05, 4.69) is 25.7 Å². The zero-order valence-electron chi connectivity index (χ0n) is 12.1. The van der Waals surface area contributed by atoms with E-state index in [1.54, 1.807) is 6.07 Å². The van der Waals surface area contributed by atoms with Crippen molar-refractivity contribution < 1.29 is 13.9 Å². The Kier molecular flexibility index (Phi) is 3.30. The molecule has 3 heterocycles. The van der Waals surface area contributed by atoms with Crippen molar-refractivity contribution in [3.8, 4) is 0 Å². The smallest absolute Gasteiger partial charge is 0.260 e. The van der Waals surface area contributed by atoms with E-state index in [0.717, 1.165) is 12.8 Å². The molecule has 1 aliphatic rings. The highest BCUT2D eigenvalue weighted by Gasteiger charge is 2.26. The molecule has 0 radical (unpaired) electrons. The van der Waals surface area contributed by atoms with Gasteiger partial charge in [0.15, 0.2) is 5.82 Å². The predicted octanol–water partition coefficient (Wildman–Crippen LogP) is 2.53. The number of anilines is 1. The van der Waals surface area contributed by atoms with Gasteiger partial charge in [-0.3, -0.25) is 15.0 Å². The van der Waals surface area contributed by atoms with Crippen molar-refractivity contribution >= 4 is 22.6 Å². The van der Waals surface area contributed by atoms with Crippen LogP contribution in [0.1, 0.15) is 35.0 Å². The largest absolute Gasteiger partial charge is 0.372 e. The predicted molar refractivity (Wildman–Crippen MR) is 80.5 cm³/mol. The van der Waals surface area contributed by atoms with Gasteiger partial charge < -0.3 is 10.1 Å². The zero-order valence-corrected chi connectivity index (χ0v) is 12.1. The van der Waals surface area contributed by atoms with Gasteiger partial charge in [-0.15, -0.1) is 0 Å². The van der Waals surface area contributed by atoms with E-state index in [1.165, 1.54) is 18.3 Å². The molecule has 1 atom stereocenters. The number of carbonyl (C=O) groups excluding carboxylic acids is 1. The van der Waals surface area contributed by atoms with Gasteiger partial charge in [-0.1, -0.05) is 0 Å². The number of amides is 1. The summed E-state index contributed by atoms with van der Waals surface area (Å²) in [6, 6.07) is 4.23. The number of carbonyl (C=O) groups is 1. The van der Waals surface area contributed by atoms with Gasteiger partial charge in [-0.2, -0.15) is 10.2 Å². The van der Waals surface area contributed by atoms with Gasteiger partial charge >= 0.3 is 0 Å². The molecule has 0 aliphatic carbocycles. The van der Waals surface area contributed by atoms with E-state index in [9.17, 15) is 9.18 Å². The topological polar surface area (TPSA) is 95.7 Å². The van der Waals surface area contributed by atoms with Gasteiger partial charge in [-0.05, 0) is 31.0 Å². The number of aromatic amines is 2. The van der Waals surface area contributed by atoms with Gasteiger partial charge in [0.2, 0.25) is 0 Å². The number of H-pyrrole nitrogens is 2. The second-order valence-electron chi connectivity index (χ2n) is 5.42. The number of fused-ring (bicyclic) bond motifs is 1. The van der Waals surface area contributed by atoms with Gasteiger partial charge in [0.1, 0.15) is 5.82 Å². The standard InChI is InChI=1S/C15H14FN5O2/c16-8-3-4-11-9(6-8)14(21-19-11)18-15(22)10-7-17-20-13(10)12-2-1-5-23-12/h3-4,6-7,12H,1-2,5H2,(H,17,20)(H2,18,19,21,22). The Bertz CT molecular complexity index is 866. The minimum atomic E-state index is -0.391. The normalized spacial score (nSPS) is 17.7. The summed E-state index contributed by atoms with van der Waals surface area (Å²) >= 11 is 0. The molecular formula is C15H14FN5O2. The first-order valence-electron chi connectivity index (χ1n) is 7.32. The lowest BCUT2D eigenvalue weighted by molar-refractivity contribution is 0.0979. The van der Waals surface area contributed by atoms with E-state index in [4.69, 9.17) is 4.74 Å². The maximum Gasteiger partial charge on any atom is 0.260 e. The van der Waals surface area contributed by atoms with Crippen LogP contribution in [0.3, 0.4) is 0 Å². The summed E-state index contributed by atoms with van der Waals surface area (Å²) in [6.07, 6.45) is 3.11. The van der Waals surface area contributed by atoms with E-state index in [0.29, 0.717) is 28.8 Å². The molecule has 0 spiro atoms. The van der Waals surface area contributed by atoms with Crippen LogP contribution in [0.5, 0.6) is 0 Å². The number of benzene rings is 1. The molecule has 1 aromatic carbocycles. The first-order chi connectivity index (χ1) is 11.2. The molecule has 118 valence electrons. The molecule has 1 amide bonds. The number of hydrogen-bond donors (Lipinski definition) is 3. The Morgan fingerprint density at radius 3 is 3.13 bits per heavy atom. The highest BCUT2D eigenvalue weighted by Crippen LogP contribution is 2.30. The summed E-state index contributed by atoms with van der Waals surface area (Å²) in [4.78, 5) is 12.5. The van der Waals surface area contributed by atoms with Crippen LogP contribution in [0.25, 0.3) is 10.9 Å². The third-order valence-corrected chi connectivity index (χ3v) is 3.92. The average Bonchev–Trinajstić information content (AvgIpc) is 3.27. The lowest BCUT2D eigenvalue weighted by Crippen LogP contribution is -2.15. The molecule has 1 fully saturated rings. The fraction of sp³-hybridized carbons (Fsp3) is 0.267. The lowest BCUT2D eigenvalue weighted by Gasteiger charge is -2.09. The minimum absolute atomic E-state index is 0.147. The second-order valence-corrected chi connectivity index (χ2v) is 5.42. The Hall–Kier alpha value is -2.74. The molecular weight excluding hydrogens is 301 g/mol. The molecule has 7 nitrogen and oxygen atoms in total. The number of nitrogens with one attached hydrogen (secondary N) is 3. The Balaban J connectivity index is 1.62. The van der Waals surface area contributed by atoms with Gasteiger partial charge in [-0.25, -0.2) is 4.39 Å². The molecule has 3 aromatic rings. The molecule has 4 rings (SSSR count). The zero-order chi connectivity index (χ0) is 15.8. The van der Waals surface area contributed by atoms with E-state index in [1.807, 2.05) is 0 Å². The van der Waals surface area contributed by atoms with Gasteiger partial charge in [0.05, 0.1) is 29.1 Å². The second kappa shape index (κ2) is 5.47. The maximum absolute atomic E-state index is 13.4. The van der Waals surface area contributed by atoms with E-state index < -0.39 is 5.82 Å². The van der Waals surface area contributed by atoms with Crippen LogP contribution >= 0.6 is 0 Å². The third kappa shape index (κ3) is 2.46. The minimum Gasteiger partial charge on any atom is -0.372 e. The highest BCUT2D eigenvalue weighted by molar-refractivity contribution is 6.08. The van der Waals surface area contributed by atoms with Crippen LogP contribution in [0.2, 0.25) is 0 Å². The van der Waals surface area contributed by atoms with Crippen molar-refractivity contribution in [3.05, 3.63) is 41.5 Å². The van der Waals surface area contributed by atoms with Crippen LogP contribution in [0, 0.1) is 5.82 Å². The van der Waals surface area contributed by atoms with Gasteiger partial charge in [0.25, 0.3) is 5.91 Å². The average molecular weight is 315 g/mol. The summed E-state index contributed by atoms with van der Waals surface area (Å²) in [7, 11) is 0. The quantitative estimate of drug-likeness (QED) is 0.692. The number of ether oxygens (including phenoxy) is 1. The van der Waals surface area contributed by atoms with Crippen LogP contribution in [-0.4, -0.2) is 32.9 Å². The number of rotatable bonds is 3. The monoisotopic (exact) mass is 315 g/mol. The summed E-state index contributed by atoms with van der Waals surface area (Å²) in [6.45, 7) is 0.675. The fourth-order valence-electron chi connectivity index (χ4n) is 2.78. The van der Waals surface area contributed by atoms with Crippen molar-refractivity contribution in [3.63, 3.8) is 0 Å². The van der Waals surface area contributed by atoms with Crippen LogP contribution < -0.4 is 5.32 Å². The number of halogens is 1. The number of nitrogens with zero attached hydrogens (tertiary/aromatic N) is 2. The summed E-state index contributed by atoms with van der Waals surface area (Å²) in [5, 5.41) is 16.8. The molecule has 1 unspecified atom stereocenters. The fourth-order valence-corrected chi connectivity index (χ4v) is 2.78. The molecule has 1 saturated heterocycles. The van der Waals surface area contributed by atoms with Crippen molar-refractivity contribution in [1.29, 1.82) is 0 Å². The van der Waals surface area contributed by atoms with Crippen molar-refractivity contribution in [1.82, 2.24) is 20.4 Å². The van der Waals surface area contributed by atoms with Crippen LogP contribution in [0.15, 0.2) is 24.4 Å². The summed E-state index contributed by atoms with van der Waals surface area (Å²) < 4.78 is 19.0. The Labute approximate surface area is 130 Å². The summed E-state index contributed by atoms with van der Waals surface area (Å²) in [5.74, 6) is -0.469. The molecule has 1 aliphatic heterocycles. The van der Waals surface area contributed by atoms with Crippen molar-refractivity contribution in [2.45, 2.75) is 18.9 Å². The highest BCUT2D eigenvalue weighted by atomic mass is 19.1. The Morgan fingerprint density at radius 2 is 2.30 bits per heavy atom. The lowest BCUT2D eigenvalue weighted by atomic mass is 10.1. The molecule has 2 aromatic heterocycles.